The number of aliphatic hydroxyl groups excluding tert-OH is 1. The third-order valence-corrected chi connectivity index (χ3v) is 3.29. The summed E-state index contributed by atoms with van der Waals surface area (Å²) in [6.07, 6.45) is -0.727. The minimum Gasteiger partial charge on any atom is -0.497 e. The van der Waals surface area contributed by atoms with Crippen molar-refractivity contribution in [1.82, 2.24) is 0 Å². The quantitative estimate of drug-likeness (QED) is 0.916. The molecule has 0 aliphatic heterocycles. The maximum absolute atomic E-state index is 10.3. The summed E-state index contributed by atoms with van der Waals surface area (Å²) in [4.78, 5) is 0. The zero-order chi connectivity index (χ0) is 13.1. The zero-order valence-corrected chi connectivity index (χ0v) is 12.1. The second-order valence-electron chi connectivity index (χ2n) is 3.88. The van der Waals surface area contributed by atoms with Crippen LogP contribution >= 0.6 is 27.5 Å². The van der Waals surface area contributed by atoms with Gasteiger partial charge in [0.05, 0.1) is 7.11 Å². The van der Waals surface area contributed by atoms with Crippen molar-refractivity contribution in [2.24, 2.45) is 0 Å². The van der Waals surface area contributed by atoms with Crippen LogP contribution < -0.4 is 4.74 Å². The summed E-state index contributed by atoms with van der Waals surface area (Å²) < 4.78 is 5.98. The number of hydrogen-bond acceptors (Lipinski definition) is 2. The highest BCUT2D eigenvalue weighted by Gasteiger charge is 2.12. The Hall–Kier alpha value is -1.03. The van der Waals surface area contributed by atoms with Crippen LogP contribution in [-0.2, 0) is 0 Å². The van der Waals surface area contributed by atoms with E-state index in [1.165, 1.54) is 0 Å². The van der Waals surface area contributed by atoms with Crippen LogP contribution in [0, 0.1) is 0 Å². The second kappa shape index (κ2) is 5.74. The molecular formula is C14H12BrClO2. The average molecular weight is 328 g/mol. The summed E-state index contributed by atoms with van der Waals surface area (Å²) in [5.41, 5.74) is 1.51. The average Bonchev–Trinajstić information content (AvgIpc) is 2.37. The molecule has 0 spiro atoms. The van der Waals surface area contributed by atoms with Gasteiger partial charge in [-0.05, 0) is 41.5 Å². The fourth-order valence-electron chi connectivity index (χ4n) is 1.74. The van der Waals surface area contributed by atoms with E-state index in [1.54, 1.807) is 25.3 Å². The number of hydrogen-bond donors (Lipinski definition) is 1. The van der Waals surface area contributed by atoms with Crippen molar-refractivity contribution in [3.63, 3.8) is 0 Å². The molecule has 2 nitrogen and oxygen atoms in total. The number of rotatable bonds is 3. The van der Waals surface area contributed by atoms with Gasteiger partial charge in [-0.15, -0.1) is 0 Å². The molecule has 0 aliphatic carbocycles. The number of aliphatic hydroxyl groups is 1. The van der Waals surface area contributed by atoms with Gasteiger partial charge in [0.2, 0.25) is 0 Å². The van der Waals surface area contributed by atoms with Crippen LogP contribution in [0.5, 0.6) is 5.75 Å². The summed E-state index contributed by atoms with van der Waals surface area (Å²) in [6.45, 7) is 0. The summed E-state index contributed by atoms with van der Waals surface area (Å²) in [7, 11) is 1.60. The molecule has 94 valence electrons. The minimum atomic E-state index is -0.727. The van der Waals surface area contributed by atoms with Crippen LogP contribution in [0.1, 0.15) is 17.2 Å². The molecule has 0 radical (unpaired) electrons. The zero-order valence-electron chi connectivity index (χ0n) is 9.73. The van der Waals surface area contributed by atoms with Crippen molar-refractivity contribution in [3.05, 3.63) is 63.1 Å². The summed E-state index contributed by atoms with van der Waals surface area (Å²) >= 11 is 9.34. The molecule has 4 heteroatoms. The van der Waals surface area contributed by atoms with Gasteiger partial charge in [-0.2, -0.15) is 0 Å². The van der Waals surface area contributed by atoms with Crippen molar-refractivity contribution >= 4 is 27.5 Å². The largest absolute Gasteiger partial charge is 0.497 e. The summed E-state index contributed by atoms with van der Waals surface area (Å²) in [6, 6.07) is 12.7. The molecule has 0 aliphatic rings. The van der Waals surface area contributed by atoms with Gasteiger partial charge in [0.25, 0.3) is 0 Å². The number of benzene rings is 2. The Kier molecular flexibility index (Phi) is 4.27. The van der Waals surface area contributed by atoms with Crippen molar-refractivity contribution < 1.29 is 9.84 Å². The molecular weight excluding hydrogens is 316 g/mol. The molecule has 1 N–H and O–H groups in total. The third-order valence-electron chi connectivity index (χ3n) is 2.61. The molecule has 1 atom stereocenters. The first-order valence-corrected chi connectivity index (χ1v) is 6.55. The molecule has 2 rings (SSSR count). The van der Waals surface area contributed by atoms with Gasteiger partial charge in [0.1, 0.15) is 11.9 Å². The SMILES string of the molecule is COc1cccc(C(O)c2cc(Cl)cc(Br)c2)c1. The van der Waals surface area contributed by atoms with Gasteiger partial charge in [-0.1, -0.05) is 39.7 Å². The predicted molar refractivity (Wildman–Crippen MR) is 76.2 cm³/mol. The van der Waals surface area contributed by atoms with Crippen LogP contribution in [0.15, 0.2) is 46.9 Å². The van der Waals surface area contributed by atoms with E-state index < -0.39 is 6.10 Å². The Balaban J connectivity index is 2.37. The minimum absolute atomic E-state index is 0.585. The summed E-state index contributed by atoms with van der Waals surface area (Å²) in [5.74, 6) is 0.715. The Morgan fingerprint density at radius 3 is 2.61 bits per heavy atom. The molecule has 0 fully saturated rings. The molecule has 0 aromatic heterocycles. The maximum atomic E-state index is 10.3. The lowest BCUT2D eigenvalue weighted by Gasteiger charge is -2.13. The Bertz CT molecular complexity index is 537. The molecule has 1 unspecified atom stereocenters. The van der Waals surface area contributed by atoms with Crippen LogP contribution in [-0.4, -0.2) is 12.2 Å². The van der Waals surface area contributed by atoms with E-state index >= 15 is 0 Å². The van der Waals surface area contributed by atoms with E-state index in [0.717, 1.165) is 15.6 Å². The molecule has 0 saturated heterocycles. The Morgan fingerprint density at radius 1 is 1.17 bits per heavy atom. The van der Waals surface area contributed by atoms with Crippen molar-refractivity contribution in [2.75, 3.05) is 7.11 Å². The molecule has 0 heterocycles. The molecule has 18 heavy (non-hydrogen) atoms. The normalized spacial score (nSPS) is 12.2. The van der Waals surface area contributed by atoms with Gasteiger partial charge < -0.3 is 9.84 Å². The first-order chi connectivity index (χ1) is 8.60. The predicted octanol–water partition coefficient (Wildman–Crippen LogP) is 4.19. The van der Waals surface area contributed by atoms with E-state index in [2.05, 4.69) is 15.9 Å². The van der Waals surface area contributed by atoms with Crippen molar-refractivity contribution in [2.45, 2.75) is 6.10 Å². The topological polar surface area (TPSA) is 29.5 Å². The first kappa shape index (κ1) is 13.4. The number of ether oxygens (including phenoxy) is 1. The fourth-order valence-corrected chi connectivity index (χ4v) is 2.62. The highest BCUT2D eigenvalue weighted by molar-refractivity contribution is 9.10. The Labute approximate surface area is 119 Å². The van der Waals surface area contributed by atoms with Crippen molar-refractivity contribution in [1.29, 1.82) is 0 Å². The lowest BCUT2D eigenvalue weighted by Crippen LogP contribution is -2.00. The van der Waals surface area contributed by atoms with E-state index in [-0.39, 0.29) is 0 Å². The van der Waals surface area contributed by atoms with Gasteiger partial charge in [0, 0.05) is 9.50 Å². The lowest BCUT2D eigenvalue weighted by atomic mass is 10.0. The molecule has 0 amide bonds. The number of methoxy groups -OCH3 is 1. The van der Waals surface area contributed by atoms with Gasteiger partial charge >= 0.3 is 0 Å². The van der Waals surface area contributed by atoms with Gasteiger partial charge in [0.15, 0.2) is 0 Å². The van der Waals surface area contributed by atoms with E-state index in [9.17, 15) is 5.11 Å². The van der Waals surface area contributed by atoms with Crippen molar-refractivity contribution in [3.8, 4) is 5.75 Å². The van der Waals surface area contributed by atoms with Crippen LogP contribution in [0.25, 0.3) is 0 Å². The number of halogens is 2. The summed E-state index contributed by atoms with van der Waals surface area (Å²) in [5, 5.41) is 10.9. The van der Waals surface area contributed by atoms with E-state index in [1.807, 2.05) is 24.3 Å². The second-order valence-corrected chi connectivity index (χ2v) is 5.23. The highest BCUT2D eigenvalue weighted by Crippen LogP contribution is 2.29. The monoisotopic (exact) mass is 326 g/mol. The standard InChI is InChI=1S/C14H12BrClO2/c1-18-13-4-2-3-9(7-13)14(17)10-5-11(15)8-12(16)6-10/h2-8,14,17H,1H3. The smallest absolute Gasteiger partial charge is 0.119 e. The van der Waals surface area contributed by atoms with E-state index in [0.29, 0.717) is 10.8 Å². The molecule has 2 aromatic rings. The van der Waals surface area contributed by atoms with Gasteiger partial charge in [-0.3, -0.25) is 0 Å². The Morgan fingerprint density at radius 2 is 1.94 bits per heavy atom. The third kappa shape index (κ3) is 3.05. The fraction of sp³-hybridized carbons (Fsp3) is 0.143. The lowest BCUT2D eigenvalue weighted by molar-refractivity contribution is 0.219. The van der Waals surface area contributed by atoms with Crippen LogP contribution in [0.4, 0.5) is 0 Å². The molecule has 0 saturated carbocycles. The van der Waals surface area contributed by atoms with E-state index in [4.69, 9.17) is 16.3 Å². The van der Waals surface area contributed by atoms with Crippen LogP contribution in [0.3, 0.4) is 0 Å². The maximum Gasteiger partial charge on any atom is 0.119 e. The highest BCUT2D eigenvalue weighted by atomic mass is 79.9. The first-order valence-electron chi connectivity index (χ1n) is 5.38. The molecule has 2 aromatic carbocycles. The molecule has 0 bridgehead atoms. The van der Waals surface area contributed by atoms with Crippen LogP contribution in [0.2, 0.25) is 5.02 Å². The van der Waals surface area contributed by atoms with Gasteiger partial charge in [-0.25, -0.2) is 0 Å².